The van der Waals surface area contributed by atoms with E-state index in [1.807, 2.05) is 26.1 Å². The Morgan fingerprint density at radius 2 is 1.82 bits per heavy atom. The number of hydrogen-bond acceptors (Lipinski definition) is 1. The van der Waals surface area contributed by atoms with Crippen molar-refractivity contribution in [2.45, 2.75) is 26.4 Å². The molecular formula is C18H22FN2O+. The van der Waals surface area contributed by atoms with E-state index < -0.39 is 0 Å². The molecule has 0 fully saturated rings. The van der Waals surface area contributed by atoms with Crippen molar-refractivity contribution in [1.82, 2.24) is 0 Å². The van der Waals surface area contributed by atoms with Gasteiger partial charge in [0.2, 0.25) is 0 Å². The SMILES string of the molecule is Cc1ccccc1C[NH+](C)[C@H](C)C(=O)Nc1ccc(F)cc1. The van der Waals surface area contributed by atoms with Gasteiger partial charge >= 0.3 is 0 Å². The van der Waals surface area contributed by atoms with Crippen LogP contribution in [0.5, 0.6) is 0 Å². The molecule has 4 heteroatoms. The fraction of sp³-hybridized carbons (Fsp3) is 0.278. The van der Waals surface area contributed by atoms with Crippen molar-refractivity contribution in [1.29, 1.82) is 0 Å². The van der Waals surface area contributed by atoms with Gasteiger partial charge in [-0.25, -0.2) is 4.39 Å². The van der Waals surface area contributed by atoms with Crippen molar-refractivity contribution in [2.75, 3.05) is 12.4 Å². The molecule has 2 rings (SSSR count). The van der Waals surface area contributed by atoms with Crippen LogP contribution in [0.15, 0.2) is 48.5 Å². The van der Waals surface area contributed by atoms with Gasteiger partial charge in [-0.3, -0.25) is 4.79 Å². The lowest BCUT2D eigenvalue weighted by atomic mass is 10.1. The number of quaternary nitrogens is 1. The summed E-state index contributed by atoms with van der Waals surface area (Å²) in [5.74, 6) is -0.383. The number of amides is 1. The van der Waals surface area contributed by atoms with Crippen molar-refractivity contribution in [2.24, 2.45) is 0 Å². The molecule has 0 aliphatic rings. The van der Waals surface area contributed by atoms with Crippen LogP contribution in [-0.2, 0) is 11.3 Å². The Kier molecular flexibility index (Phi) is 5.28. The molecule has 0 aliphatic carbocycles. The molecule has 0 heterocycles. The third-order valence-corrected chi connectivity index (χ3v) is 3.97. The Labute approximate surface area is 130 Å². The zero-order valence-corrected chi connectivity index (χ0v) is 13.2. The second-order valence-corrected chi connectivity index (χ2v) is 5.67. The number of carbonyl (C=O) groups excluding carboxylic acids is 1. The molecule has 2 atom stereocenters. The predicted molar refractivity (Wildman–Crippen MR) is 86.3 cm³/mol. The van der Waals surface area contributed by atoms with Crippen LogP contribution in [0.1, 0.15) is 18.1 Å². The number of hydrogen-bond donors (Lipinski definition) is 2. The minimum absolute atomic E-state index is 0.0716. The van der Waals surface area contributed by atoms with E-state index in [1.54, 1.807) is 12.1 Å². The number of likely N-dealkylation sites (N-methyl/N-ethyl adjacent to an activating group) is 1. The van der Waals surface area contributed by atoms with E-state index in [2.05, 4.69) is 24.4 Å². The van der Waals surface area contributed by atoms with Gasteiger partial charge in [0.1, 0.15) is 12.4 Å². The Balaban J connectivity index is 1.97. The topological polar surface area (TPSA) is 33.5 Å². The maximum absolute atomic E-state index is 12.9. The Morgan fingerprint density at radius 3 is 2.45 bits per heavy atom. The average Bonchev–Trinajstić information content (AvgIpc) is 2.51. The van der Waals surface area contributed by atoms with Gasteiger partial charge in [-0.05, 0) is 43.7 Å². The van der Waals surface area contributed by atoms with Crippen LogP contribution in [-0.4, -0.2) is 19.0 Å². The normalized spacial score (nSPS) is 13.5. The van der Waals surface area contributed by atoms with E-state index in [9.17, 15) is 9.18 Å². The molecule has 1 unspecified atom stereocenters. The smallest absolute Gasteiger partial charge is 0.282 e. The van der Waals surface area contributed by atoms with Crippen LogP contribution in [0.4, 0.5) is 10.1 Å². The van der Waals surface area contributed by atoms with Crippen LogP contribution >= 0.6 is 0 Å². The van der Waals surface area contributed by atoms with Crippen molar-refractivity contribution >= 4 is 11.6 Å². The lowest BCUT2D eigenvalue weighted by molar-refractivity contribution is -0.907. The molecular weight excluding hydrogens is 279 g/mol. The minimum atomic E-state index is -0.312. The number of benzene rings is 2. The predicted octanol–water partition coefficient (Wildman–Crippen LogP) is 2.18. The summed E-state index contributed by atoms with van der Waals surface area (Å²) in [7, 11) is 2.00. The zero-order valence-electron chi connectivity index (χ0n) is 13.2. The van der Waals surface area contributed by atoms with Gasteiger partial charge in [0.05, 0.1) is 7.05 Å². The highest BCUT2D eigenvalue weighted by Crippen LogP contribution is 2.08. The first-order chi connectivity index (χ1) is 10.5. The number of halogens is 1. The summed E-state index contributed by atoms with van der Waals surface area (Å²) in [4.78, 5) is 13.4. The number of anilines is 1. The summed E-state index contributed by atoms with van der Waals surface area (Å²) in [6, 6.07) is 13.8. The lowest BCUT2D eigenvalue weighted by Gasteiger charge is -2.22. The summed E-state index contributed by atoms with van der Waals surface area (Å²) >= 11 is 0. The highest BCUT2D eigenvalue weighted by Gasteiger charge is 2.22. The first-order valence-electron chi connectivity index (χ1n) is 7.40. The van der Waals surface area contributed by atoms with Gasteiger partial charge in [0.15, 0.2) is 6.04 Å². The molecule has 116 valence electrons. The highest BCUT2D eigenvalue weighted by molar-refractivity contribution is 5.93. The zero-order chi connectivity index (χ0) is 16.1. The van der Waals surface area contributed by atoms with Crippen molar-refractivity contribution in [3.8, 4) is 0 Å². The van der Waals surface area contributed by atoms with E-state index in [0.29, 0.717) is 5.69 Å². The quantitative estimate of drug-likeness (QED) is 0.872. The van der Waals surface area contributed by atoms with E-state index in [4.69, 9.17) is 0 Å². The van der Waals surface area contributed by atoms with Crippen LogP contribution in [0.3, 0.4) is 0 Å². The van der Waals surface area contributed by atoms with E-state index in [1.165, 1.54) is 23.3 Å². The second-order valence-electron chi connectivity index (χ2n) is 5.67. The monoisotopic (exact) mass is 301 g/mol. The number of rotatable bonds is 5. The summed E-state index contributed by atoms with van der Waals surface area (Å²) in [5, 5.41) is 2.82. The van der Waals surface area contributed by atoms with Crippen LogP contribution in [0.25, 0.3) is 0 Å². The van der Waals surface area contributed by atoms with Crippen LogP contribution < -0.4 is 10.2 Å². The molecule has 22 heavy (non-hydrogen) atoms. The molecule has 0 radical (unpaired) electrons. The molecule has 0 aliphatic heterocycles. The van der Waals surface area contributed by atoms with Gasteiger partial charge in [0, 0.05) is 11.3 Å². The van der Waals surface area contributed by atoms with Gasteiger partial charge < -0.3 is 10.2 Å². The minimum Gasteiger partial charge on any atom is -0.324 e. The van der Waals surface area contributed by atoms with Crippen molar-refractivity contribution < 1.29 is 14.1 Å². The lowest BCUT2D eigenvalue weighted by Crippen LogP contribution is -3.12. The summed E-state index contributed by atoms with van der Waals surface area (Å²) in [5.41, 5.74) is 3.08. The largest absolute Gasteiger partial charge is 0.324 e. The van der Waals surface area contributed by atoms with E-state index >= 15 is 0 Å². The Bertz CT molecular complexity index is 640. The second kappa shape index (κ2) is 7.18. The van der Waals surface area contributed by atoms with Gasteiger partial charge in [-0.2, -0.15) is 0 Å². The first-order valence-corrected chi connectivity index (χ1v) is 7.40. The van der Waals surface area contributed by atoms with Crippen molar-refractivity contribution in [3.05, 3.63) is 65.5 Å². The third kappa shape index (κ3) is 4.15. The van der Waals surface area contributed by atoms with Crippen LogP contribution in [0, 0.1) is 12.7 Å². The van der Waals surface area contributed by atoms with E-state index in [-0.39, 0.29) is 17.8 Å². The number of nitrogens with one attached hydrogen (secondary N) is 2. The molecule has 2 N–H and O–H groups in total. The molecule has 0 bridgehead atoms. The van der Waals surface area contributed by atoms with Gasteiger partial charge in [-0.1, -0.05) is 24.3 Å². The molecule has 0 aromatic heterocycles. The van der Waals surface area contributed by atoms with Crippen molar-refractivity contribution in [3.63, 3.8) is 0 Å². The Morgan fingerprint density at radius 1 is 1.18 bits per heavy atom. The summed E-state index contributed by atoms with van der Waals surface area (Å²) in [6.07, 6.45) is 0. The molecule has 1 amide bonds. The maximum atomic E-state index is 12.9. The number of carbonyl (C=O) groups is 1. The fourth-order valence-electron chi connectivity index (χ4n) is 2.27. The number of aryl methyl sites for hydroxylation is 1. The van der Waals surface area contributed by atoms with Crippen LogP contribution in [0.2, 0.25) is 0 Å². The van der Waals surface area contributed by atoms with Gasteiger partial charge in [-0.15, -0.1) is 0 Å². The summed E-state index contributed by atoms with van der Waals surface area (Å²) in [6.45, 7) is 4.75. The first kappa shape index (κ1) is 16.2. The fourth-order valence-corrected chi connectivity index (χ4v) is 2.27. The summed E-state index contributed by atoms with van der Waals surface area (Å²) < 4.78 is 12.9. The average molecular weight is 301 g/mol. The molecule has 2 aromatic rings. The molecule has 0 saturated carbocycles. The maximum Gasteiger partial charge on any atom is 0.282 e. The molecule has 0 saturated heterocycles. The highest BCUT2D eigenvalue weighted by atomic mass is 19.1. The molecule has 3 nitrogen and oxygen atoms in total. The molecule has 2 aromatic carbocycles. The van der Waals surface area contributed by atoms with E-state index in [0.717, 1.165) is 11.4 Å². The Hall–Kier alpha value is -2.20. The standard InChI is InChI=1S/C18H21FN2O/c1-13-6-4-5-7-15(13)12-21(3)14(2)18(22)20-17-10-8-16(19)9-11-17/h4-11,14H,12H2,1-3H3,(H,20,22)/p+1/t14-/m1/s1. The van der Waals surface area contributed by atoms with Gasteiger partial charge in [0.25, 0.3) is 5.91 Å². The molecule has 0 spiro atoms. The third-order valence-electron chi connectivity index (χ3n) is 3.97.